The lowest BCUT2D eigenvalue weighted by Gasteiger charge is -2.14. The number of fused-ring (bicyclic) bond motifs is 1. The van der Waals surface area contributed by atoms with Gasteiger partial charge in [-0.1, -0.05) is 24.3 Å². The molecular formula is C25H23N3O5. The van der Waals surface area contributed by atoms with Crippen molar-refractivity contribution in [3.05, 3.63) is 72.3 Å². The molecule has 4 rings (SSSR count). The Bertz CT molecular complexity index is 1270. The predicted octanol–water partition coefficient (Wildman–Crippen LogP) is 4.43. The fraction of sp³-hybridized carbons (Fsp3) is 0.160. The van der Waals surface area contributed by atoms with Crippen LogP contribution in [-0.4, -0.2) is 42.2 Å². The smallest absolute Gasteiger partial charge is 0.339 e. The Morgan fingerprint density at radius 2 is 1.76 bits per heavy atom. The fourth-order valence-electron chi connectivity index (χ4n) is 3.34. The van der Waals surface area contributed by atoms with Gasteiger partial charge in [0.1, 0.15) is 5.82 Å². The van der Waals surface area contributed by atoms with Crippen LogP contribution in [-0.2, 0) is 9.53 Å². The lowest BCUT2D eigenvalue weighted by molar-refractivity contribution is -0.118. The number of para-hydroxylation sites is 3. The van der Waals surface area contributed by atoms with Crippen LogP contribution >= 0.6 is 0 Å². The standard InChI is InChI=1S/C25H23N3O5/c1-3-32-22-14-16(24-27-19-10-6-7-11-20(19)28-24)12-13-21(22)33-15-23(29)26-18-9-5-4-8-17(18)25(30)31-2/h4-14H,3,15H2,1-2H3,(H,26,29)(H,27,28). The van der Waals surface area contributed by atoms with Crippen molar-refractivity contribution >= 4 is 28.6 Å². The van der Waals surface area contributed by atoms with Crippen LogP contribution in [0.5, 0.6) is 11.5 Å². The summed E-state index contributed by atoms with van der Waals surface area (Å²) >= 11 is 0. The van der Waals surface area contributed by atoms with Crippen molar-refractivity contribution in [1.82, 2.24) is 9.97 Å². The van der Waals surface area contributed by atoms with Crippen LogP contribution in [0.4, 0.5) is 5.69 Å². The van der Waals surface area contributed by atoms with Gasteiger partial charge in [0, 0.05) is 5.56 Å². The number of carbonyl (C=O) groups is 2. The van der Waals surface area contributed by atoms with Gasteiger partial charge in [0.25, 0.3) is 5.91 Å². The van der Waals surface area contributed by atoms with E-state index in [1.807, 2.05) is 43.3 Å². The Labute approximate surface area is 190 Å². The molecule has 8 heteroatoms. The van der Waals surface area contributed by atoms with E-state index in [2.05, 4.69) is 15.3 Å². The number of rotatable bonds is 8. The van der Waals surface area contributed by atoms with E-state index in [-0.39, 0.29) is 12.2 Å². The highest BCUT2D eigenvalue weighted by atomic mass is 16.5. The van der Waals surface area contributed by atoms with Gasteiger partial charge >= 0.3 is 5.97 Å². The zero-order chi connectivity index (χ0) is 23.2. The minimum Gasteiger partial charge on any atom is -0.490 e. The second-order valence-corrected chi connectivity index (χ2v) is 7.07. The van der Waals surface area contributed by atoms with E-state index in [1.165, 1.54) is 7.11 Å². The number of imidazole rings is 1. The van der Waals surface area contributed by atoms with Crippen LogP contribution < -0.4 is 14.8 Å². The zero-order valence-electron chi connectivity index (χ0n) is 18.3. The Morgan fingerprint density at radius 1 is 0.970 bits per heavy atom. The molecule has 0 saturated heterocycles. The van der Waals surface area contributed by atoms with Crippen molar-refractivity contribution in [2.75, 3.05) is 25.6 Å². The molecule has 0 fully saturated rings. The summed E-state index contributed by atoms with van der Waals surface area (Å²) in [5.74, 6) is 0.675. The van der Waals surface area contributed by atoms with Crippen LogP contribution in [0.15, 0.2) is 66.7 Å². The SMILES string of the molecule is CCOc1cc(-c2nc3ccccc3[nH]2)ccc1OCC(=O)Nc1ccccc1C(=O)OC. The maximum Gasteiger partial charge on any atom is 0.339 e. The van der Waals surface area contributed by atoms with E-state index in [4.69, 9.17) is 14.2 Å². The first kappa shape index (κ1) is 21.9. The predicted molar refractivity (Wildman–Crippen MR) is 125 cm³/mol. The highest BCUT2D eigenvalue weighted by Gasteiger charge is 2.15. The van der Waals surface area contributed by atoms with E-state index in [1.54, 1.807) is 30.3 Å². The van der Waals surface area contributed by atoms with Gasteiger partial charge in [0.15, 0.2) is 18.1 Å². The quantitative estimate of drug-likeness (QED) is 0.389. The summed E-state index contributed by atoms with van der Waals surface area (Å²) in [5.41, 5.74) is 3.25. The molecule has 2 N–H and O–H groups in total. The third-order valence-electron chi connectivity index (χ3n) is 4.87. The van der Waals surface area contributed by atoms with Crippen LogP contribution in [0, 0.1) is 0 Å². The molecule has 0 aliphatic rings. The van der Waals surface area contributed by atoms with Crippen molar-refractivity contribution < 1.29 is 23.8 Å². The highest BCUT2D eigenvalue weighted by molar-refractivity contribution is 6.01. The number of methoxy groups -OCH3 is 1. The summed E-state index contributed by atoms with van der Waals surface area (Å²) in [5, 5.41) is 2.68. The van der Waals surface area contributed by atoms with E-state index < -0.39 is 11.9 Å². The number of ether oxygens (including phenoxy) is 3. The Balaban J connectivity index is 1.49. The number of amides is 1. The van der Waals surface area contributed by atoms with Crippen molar-refractivity contribution in [2.45, 2.75) is 6.92 Å². The van der Waals surface area contributed by atoms with E-state index in [9.17, 15) is 9.59 Å². The third-order valence-corrected chi connectivity index (χ3v) is 4.87. The van der Waals surface area contributed by atoms with Gasteiger partial charge in [-0.2, -0.15) is 0 Å². The summed E-state index contributed by atoms with van der Waals surface area (Å²) in [6, 6.07) is 19.8. The van der Waals surface area contributed by atoms with Crippen molar-refractivity contribution in [1.29, 1.82) is 0 Å². The molecule has 1 heterocycles. The van der Waals surface area contributed by atoms with Crippen molar-refractivity contribution in [3.63, 3.8) is 0 Å². The highest BCUT2D eigenvalue weighted by Crippen LogP contribution is 2.32. The molecule has 4 aromatic rings. The zero-order valence-corrected chi connectivity index (χ0v) is 18.3. The molecule has 168 valence electrons. The number of aromatic amines is 1. The first-order valence-corrected chi connectivity index (χ1v) is 10.4. The molecule has 0 atom stereocenters. The van der Waals surface area contributed by atoms with Gasteiger partial charge in [-0.25, -0.2) is 9.78 Å². The summed E-state index contributed by atoms with van der Waals surface area (Å²) in [6.07, 6.45) is 0. The number of aromatic nitrogens is 2. The first-order valence-electron chi connectivity index (χ1n) is 10.4. The van der Waals surface area contributed by atoms with E-state index in [0.29, 0.717) is 29.6 Å². The molecule has 1 aromatic heterocycles. The molecule has 0 radical (unpaired) electrons. The Morgan fingerprint density at radius 3 is 2.55 bits per heavy atom. The molecule has 0 bridgehead atoms. The second kappa shape index (κ2) is 9.86. The van der Waals surface area contributed by atoms with Gasteiger partial charge in [0.05, 0.1) is 36.0 Å². The topological polar surface area (TPSA) is 103 Å². The number of esters is 1. The van der Waals surface area contributed by atoms with E-state index in [0.717, 1.165) is 16.6 Å². The summed E-state index contributed by atoms with van der Waals surface area (Å²) < 4.78 is 16.2. The van der Waals surface area contributed by atoms with Gasteiger partial charge in [-0.3, -0.25) is 4.79 Å². The maximum atomic E-state index is 12.5. The minimum atomic E-state index is -0.536. The first-order chi connectivity index (χ1) is 16.1. The normalized spacial score (nSPS) is 10.6. The summed E-state index contributed by atoms with van der Waals surface area (Å²) in [6.45, 7) is 2.03. The van der Waals surface area contributed by atoms with Crippen LogP contribution in [0.1, 0.15) is 17.3 Å². The molecule has 0 spiro atoms. The average molecular weight is 445 g/mol. The molecule has 0 aliphatic carbocycles. The fourth-order valence-corrected chi connectivity index (χ4v) is 3.34. The van der Waals surface area contributed by atoms with E-state index >= 15 is 0 Å². The number of anilines is 1. The number of nitrogens with zero attached hydrogens (tertiary/aromatic N) is 1. The second-order valence-electron chi connectivity index (χ2n) is 7.07. The number of H-pyrrole nitrogens is 1. The van der Waals surface area contributed by atoms with Crippen LogP contribution in [0.25, 0.3) is 22.4 Å². The monoisotopic (exact) mass is 445 g/mol. The molecule has 0 unspecified atom stereocenters. The molecule has 1 amide bonds. The van der Waals surface area contributed by atoms with Gasteiger partial charge < -0.3 is 24.5 Å². The summed E-state index contributed by atoms with van der Waals surface area (Å²) in [4.78, 5) is 32.2. The molecule has 3 aromatic carbocycles. The average Bonchev–Trinajstić information content (AvgIpc) is 3.28. The van der Waals surface area contributed by atoms with Gasteiger partial charge in [-0.15, -0.1) is 0 Å². The summed E-state index contributed by atoms with van der Waals surface area (Å²) in [7, 11) is 1.29. The largest absolute Gasteiger partial charge is 0.490 e. The molecule has 33 heavy (non-hydrogen) atoms. The Kier molecular flexibility index (Phi) is 6.54. The van der Waals surface area contributed by atoms with Crippen molar-refractivity contribution in [2.24, 2.45) is 0 Å². The lowest BCUT2D eigenvalue weighted by atomic mass is 10.2. The van der Waals surface area contributed by atoms with Crippen LogP contribution in [0.2, 0.25) is 0 Å². The third kappa shape index (κ3) is 4.95. The van der Waals surface area contributed by atoms with Crippen molar-refractivity contribution in [3.8, 4) is 22.9 Å². The van der Waals surface area contributed by atoms with Crippen LogP contribution in [0.3, 0.4) is 0 Å². The van der Waals surface area contributed by atoms with Gasteiger partial charge in [0.2, 0.25) is 0 Å². The minimum absolute atomic E-state index is 0.263. The number of nitrogens with one attached hydrogen (secondary N) is 2. The lowest BCUT2D eigenvalue weighted by Crippen LogP contribution is -2.22. The number of benzene rings is 3. The molecule has 0 saturated carbocycles. The number of carbonyl (C=O) groups excluding carboxylic acids is 2. The number of hydrogen-bond acceptors (Lipinski definition) is 6. The number of hydrogen-bond donors (Lipinski definition) is 2. The molecule has 0 aliphatic heterocycles. The molecular weight excluding hydrogens is 422 g/mol. The molecule has 8 nitrogen and oxygen atoms in total. The maximum absolute atomic E-state index is 12.5. The Hall–Kier alpha value is -4.33. The van der Waals surface area contributed by atoms with Gasteiger partial charge in [-0.05, 0) is 49.4 Å².